The van der Waals surface area contributed by atoms with Gasteiger partial charge in [-0.1, -0.05) is 18.2 Å². The van der Waals surface area contributed by atoms with Crippen molar-refractivity contribution in [3.8, 4) is 0 Å². The van der Waals surface area contributed by atoms with E-state index in [2.05, 4.69) is 0 Å². The standard InChI is InChI=1S/C11H13NO3/c1-12(2)10(13)7-8-5-3-4-6-9(8)11(14)15/h3-6H,7H2,1-2H3,(H,14,15). The summed E-state index contributed by atoms with van der Waals surface area (Å²) in [4.78, 5) is 23.7. The predicted molar refractivity (Wildman–Crippen MR) is 55.8 cm³/mol. The quantitative estimate of drug-likeness (QED) is 0.804. The largest absolute Gasteiger partial charge is 0.478 e. The number of rotatable bonds is 3. The average molecular weight is 207 g/mol. The second-order valence-corrected chi connectivity index (χ2v) is 3.43. The summed E-state index contributed by atoms with van der Waals surface area (Å²) in [5, 5.41) is 8.89. The first-order valence-corrected chi connectivity index (χ1v) is 4.53. The molecule has 0 aliphatic heterocycles. The number of aromatic carboxylic acids is 1. The molecule has 0 bridgehead atoms. The molecule has 4 heteroatoms. The van der Waals surface area contributed by atoms with Crippen LogP contribution in [0.15, 0.2) is 24.3 Å². The minimum atomic E-state index is -1.00. The van der Waals surface area contributed by atoms with Crippen LogP contribution in [0.25, 0.3) is 0 Å². The third-order valence-electron chi connectivity index (χ3n) is 2.09. The van der Waals surface area contributed by atoms with Crippen LogP contribution in [0.1, 0.15) is 15.9 Å². The molecule has 1 N–H and O–H groups in total. The number of carboxylic acids is 1. The van der Waals surface area contributed by atoms with Gasteiger partial charge in [-0.3, -0.25) is 4.79 Å². The van der Waals surface area contributed by atoms with E-state index in [1.54, 1.807) is 32.3 Å². The minimum absolute atomic E-state index is 0.108. The minimum Gasteiger partial charge on any atom is -0.478 e. The number of carbonyl (C=O) groups excluding carboxylic acids is 1. The Morgan fingerprint density at radius 1 is 1.27 bits per heavy atom. The molecule has 0 spiro atoms. The zero-order valence-corrected chi connectivity index (χ0v) is 8.73. The molecule has 0 aliphatic carbocycles. The monoisotopic (exact) mass is 207 g/mol. The van der Waals surface area contributed by atoms with Crippen molar-refractivity contribution in [1.29, 1.82) is 0 Å². The number of hydrogen-bond acceptors (Lipinski definition) is 2. The van der Waals surface area contributed by atoms with E-state index in [4.69, 9.17) is 5.11 Å². The molecule has 1 aromatic rings. The van der Waals surface area contributed by atoms with Crippen LogP contribution in [0.4, 0.5) is 0 Å². The highest BCUT2D eigenvalue weighted by atomic mass is 16.4. The van der Waals surface area contributed by atoms with Gasteiger partial charge in [-0.2, -0.15) is 0 Å². The molecule has 0 heterocycles. The van der Waals surface area contributed by atoms with Gasteiger partial charge in [0.2, 0.25) is 5.91 Å². The van der Waals surface area contributed by atoms with Gasteiger partial charge in [0.15, 0.2) is 0 Å². The summed E-state index contributed by atoms with van der Waals surface area (Å²) in [6.45, 7) is 0. The molecule has 0 atom stereocenters. The Morgan fingerprint density at radius 2 is 1.87 bits per heavy atom. The molecule has 0 unspecified atom stereocenters. The van der Waals surface area contributed by atoms with Gasteiger partial charge in [-0.15, -0.1) is 0 Å². The smallest absolute Gasteiger partial charge is 0.335 e. The summed E-state index contributed by atoms with van der Waals surface area (Å²) in [6, 6.07) is 6.53. The Morgan fingerprint density at radius 3 is 2.40 bits per heavy atom. The lowest BCUT2D eigenvalue weighted by molar-refractivity contribution is -0.127. The van der Waals surface area contributed by atoms with E-state index in [0.29, 0.717) is 5.56 Å². The molecular formula is C11H13NO3. The molecule has 0 fully saturated rings. The molecule has 0 aromatic heterocycles. The van der Waals surface area contributed by atoms with E-state index < -0.39 is 5.97 Å². The number of nitrogens with zero attached hydrogens (tertiary/aromatic N) is 1. The van der Waals surface area contributed by atoms with E-state index in [-0.39, 0.29) is 17.9 Å². The third-order valence-corrected chi connectivity index (χ3v) is 2.09. The number of carboxylic acid groups (broad SMARTS) is 1. The molecular weight excluding hydrogens is 194 g/mol. The molecule has 4 nitrogen and oxygen atoms in total. The van der Waals surface area contributed by atoms with Crippen LogP contribution < -0.4 is 0 Å². The van der Waals surface area contributed by atoms with E-state index in [9.17, 15) is 9.59 Å². The fourth-order valence-corrected chi connectivity index (χ4v) is 1.20. The number of likely N-dealkylation sites (N-methyl/N-ethyl adjacent to an activating group) is 1. The first-order valence-electron chi connectivity index (χ1n) is 4.53. The van der Waals surface area contributed by atoms with E-state index in [0.717, 1.165) is 0 Å². The van der Waals surface area contributed by atoms with Crippen LogP contribution in [0.2, 0.25) is 0 Å². The third kappa shape index (κ3) is 2.80. The van der Waals surface area contributed by atoms with Gasteiger partial charge in [0, 0.05) is 14.1 Å². The zero-order chi connectivity index (χ0) is 11.4. The number of amides is 1. The maximum atomic E-state index is 11.4. The Balaban J connectivity index is 2.94. The lowest BCUT2D eigenvalue weighted by Gasteiger charge is -2.11. The fraction of sp³-hybridized carbons (Fsp3) is 0.273. The van der Waals surface area contributed by atoms with Gasteiger partial charge in [0.05, 0.1) is 12.0 Å². The lowest BCUT2D eigenvalue weighted by Crippen LogP contribution is -2.24. The summed E-state index contributed by atoms with van der Waals surface area (Å²) in [7, 11) is 3.29. The van der Waals surface area contributed by atoms with Gasteiger partial charge in [0.25, 0.3) is 0 Å². The summed E-state index contributed by atoms with van der Waals surface area (Å²) in [6.07, 6.45) is 0.121. The molecule has 15 heavy (non-hydrogen) atoms. The molecule has 80 valence electrons. The highest BCUT2D eigenvalue weighted by Crippen LogP contribution is 2.10. The van der Waals surface area contributed by atoms with Crippen molar-refractivity contribution in [2.45, 2.75) is 6.42 Å². The SMILES string of the molecule is CN(C)C(=O)Cc1ccccc1C(=O)O. The number of carbonyl (C=O) groups is 2. The van der Waals surface area contributed by atoms with E-state index >= 15 is 0 Å². The van der Waals surface area contributed by atoms with Crippen LogP contribution in [-0.4, -0.2) is 36.0 Å². The molecule has 1 aromatic carbocycles. The van der Waals surface area contributed by atoms with Crippen molar-refractivity contribution in [2.75, 3.05) is 14.1 Å². The maximum Gasteiger partial charge on any atom is 0.335 e. The molecule has 0 aliphatic rings. The summed E-state index contributed by atoms with van der Waals surface area (Å²) in [5.74, 6) is -1.11. The molecule has 0 saturated heterocycles. The Labute approximate surface area is 88.1 Å². The van der Waals surface area contributed by atoms with Crippen molar-refractivity contribution >= 4 is 11.9 Å². The summed E-state index contributed by atoms with van der Waals surface area (Å²) >= 11 is 0. The van der Waals surface area contributed by atoms with Gasteiger partial charge in [-0.05, 0) is 11.6 Å². The lowest BCUT2D eigenvalue weighted by atomic mass is 10.0. The molecule has 0 radical (unpaired) electrons. The highest BCUT2D eigenvalue weighted by molar-refractivity contribution is 5.91. The van der Waals surface area contributed by atoms with Gasteiger partial charge in [-0.25, -0.2) is 4.79 Å². The van der Waals surface area contributed by atoms with Crippen LogP contribution in [0.3, 0.4) is 0 Å². The normalized spacial score (nSPS) is 9.73. The van der Waals surface area contributed by atoms with Crippen molar-refractivity contribution in [3.05, 3.63) is 35.4 Å². The second-order valence-electron chi connectivity index (χ2n) is 3.43. The fourth-order valence-electron chi connectivity index (χ4n) is 1.20. The van der Waals surface area contributed by atoms with Crippen LogP contribution in [-0.2, 0) is 11.2 Å². The van der Waals surface area contributed by atoms with Gasteiger partial charge in [0.1, 0.15) is 0 Å². The summed E-state index contributed by atoms with van der Waals surface area (Å²) in [5.41, 5.74) is 0.733. The molecule has 0 saturated carbocycles. The molecule has 1 amide bonds. The van der Waals surface area contributed by atoms with Crippen LogP contribution in [0.5, 0.6) is 0 Å². The van der Waals surface area contributed by atoms with Crippen LogP contribution in [0, 0.1) is 0 Å². The second kappa shape index (κ2) is 4.59. The van der Waals surface area contributed by atoms with E-state index in [1.807, 2.05) is 0 Å². The Bertz CT molecular complexity index is 385. The summed E-state index contributed by atoms with van der Waals surface area (Å²) < 4.78 is 0. The van der Waals surface area contributed by atoms with E-state index in [1.165, 1.54) is 11.0 Å². The Kier molecular flexibility index (Phi) is 3.44. The average Bonchev–Trinajstić information content (AvgIpc) is 2.18. The van der Waals surface area contributed by atoms with Crippen molar-refractivity contribution in [3.63, 3.8) is 0 Å². The van der Waals surface area contributed by atoms with Crippen molar-refractivity contribution in [1.82, 2.24) is 4.90 Å². The first-order chi connectivity index (χ1) is 7.02. The van der Waals surface area contributed by atoms with Crippen LogP contribution >= 0.6 is 0 Å². The predicted octanol–water partition coefficient (Wildman–Crippen LogP) is 1.02. The number of hydrogen-bond donors (Lipinski definition) is 1. The highest BCUT2D eigenvalue weighted by Gasteiger charge is 2.12. The van der Waals surface area contributed by atoms with Gasteiger partial charge < -0.3 is 10.0 Å². The Hall–Kier alpha value is -1.84. The zero-order valence-electron chi connectivity index (χ0n) is 8.73. The topological polar surface area (TPSA) is 57.6 Å². The van der Waals surface area contributed by atoms with Crippen molar-refractivity contribution in [2.24, 2.45) is 0 Å². The van der Waals surface area contributed by atoms with Gasteiger partial charge >= 0.3 is 5.97 Å². The molecule has 1 rings (SSSR count). The van der Waals surface area contributed by atoms with Crippen molar-refractivity contribution < 1.29 is 14.7 Å². The maximum absolute atomic E-state index is 11.4. The first kappa shape index (κ1) is 11.2. The number of benzene rings is 1.